The highest BCUT2D eigenvalue weighted by Gasteiger charge is 2.31. The second kappa shape index (κ2) is 5.83. The van der Waals surface area contributed by atoms with Crippen molar-refractivity contribution in [2.45, 2.75) is 39.0 Å². The summed E-state index contributed by atoms with van der Waals surface area (Å²) < 4.78 is 0. The monoisotopic (exact) mass is 213 g/mol. The molecule has 1 aliphatic carbocycles. The molecule has 0 bridgehead atoms. The summed E-state index contributed by atoms with van der Waals surface area (Å²) in [5.74, 6) is 0.139. The van der Waals surface area contributed by atoms with E-state index in [1.807, 2.05) is 0 Å². The fourth-order valence-electron chi connectivity index (χ4n) is 2.58. The summed E-state index contributed by atoms with van der Waals surface area (Å²) in [6.07, 6.45) is 6.52. The van der Waals surface area contributed by atoms with Crippen LogP contribution in [0.3, 0.4) is 0 Å². The summed E-state index contributed by atoms with van der Waals surface area (Å²) in [6, 6.07) is 0. The molecule has 0 spiro atoms. The highest BCUT2D eigenvalue weighted by molar-refractivity contribution is 5.53. The standard InChI is InChI=1S/C11H19NO3/c1-9(8-13)11(7-12(14)15)10-5-3-2-4-6-10/h8-11H,2-7H2,1H3/t9-,11-/m1/s1. The third-order valence-corrected chi connectivity index (χ3v) is 3.51. The van der Waals surface area contributed by atoms with E-state index >= 15 is 0 Å². The van der Waals surface area contributed by atoms with Crippen LogP contribution in [0.15, 0.2) is 0 Å². The average molecular weight is 213 g/mol. The van der Waals surface area contributed by atoms with Crippen LogP contribution in [-0.4, -0.2) is 17.8 Å². The Morgan fingerprint density at radius 3 is 2.47 bits per heavy atom. The number of nitro groups is 1. The van der Waals surface area contributed by atoms with Crippen molar-refractivity contribution < 1.29 is 9.72 Å². The van der Waals surface area contributed by atoms with Gasteiger partial charge in [-0.25, -0.2) is 0 Å². The van der Waals surface area contributed by atoms with Gasteiger partial charge in [0.05, 0.1) is 0 Å². The molecule has 1 fully saturated rings. The molecule has 0 aromatic rings. The molecular formula is C11H19NO3. The van der Waals surface area contributed by atoms with Crippen LogP contribution >= 0.6 is 0 Å². The molecular weight excluding hydrogens is 194 g/mol. The molecule has 0 saturated heterocycles. The van der Waals surface area contributed by atoms with Crippen LogP contribution in [-0.2, 0) is 4.79 Å². The summed E-state index contributed by atoms with van der Waals surface area (Å²) in [5.41, 5.74) is 0. The second-order valence-electron chi connectivity index (χ2n) is 4.57. The molecule has 0 aromatic carbocycles. The van der Waals surface area contributed by atoms with E-state index < -0.39 is 0 Å². The number of hydrogen-bond donors (Lipinski definition) is 0. The third kappa shape index (κ3) is 3.61. The number of carbonyl (C=O) groups is 1. The van der Waals surface area contributed by atoms with Gasteiger partial charge in [0.15, 0.2) is 0 Å². The number of hydrogen-bond acceptors (Lipinski definition) is 3. The molecule has 86 valence electrons. The number of nitrogens with zero attached hydrogens (tertiary/aromatic N) is 1. The summed E-state index contributed by atoms with van der Waals surface area (Å²) in [4.78, 5) is 21.0. The molecule has 0 N–H and O–H groups in total. The first-order valence-corrected chi connectivity index (χ1v) is 5.72. The molecule has 1 aliphatic rings. The van der Waals surface area contributed by atoms with Gasteiger partial charge in [-0.2, -0.15) is 0 Å². The summed E-state index contributed by atoms with van der Waals surface area (Å²) in [7, 11) is 0. The lowest BCUT2D eigenvalue weighted by Crippen LogP contribution is -2.31. The second-order valence-corrected chi connectivity index (χ2v) is 4.57. The molecule has 0 amide bonds. The Hall–Kier alpha value is -0.930. The van der Waals surface area contributed by atoms with Crippen LogP contribution in [0.25, 0.3) is 0 Å². The lowest BCUT2D eigenvalue weighted by atomic mass is 9.75. The molecule has 0 unspecified atom stereocenters. The SMILES string of the molecule is C[C@H](C=O)[C@@H](C[N+](=O)[O-])C1CCCCC1. The molecule has 4 heteroatoms. The quantitative estimate of drug-likeness (QED) is 0.400. The lowest BCUT2D eigenvalue weighted by molar-refractivity contribution is -0.491. The maximum atomic E-state index is 10.7. The summed E-state index contributed by atoms with van der Waals surface area (Å²) in [5, 5.41) is 10.6. The van der Waals surface area contributed by atoms with Crippen LogP contribution in [0.5, 0.6) is 0 Å². The van der Waals surface area contributed by atoms with Crippen molar-refractivity contribution in [2.75, 3.05) is 6.54 Å². The predicted octanol–water partition coefficient (Wildman–Crippen LogP) is 2.29. The van der Waals surface area contributed by atoms with Crippen molar-refractivity contribution in [3.05, 3.63) is 10.1 Å². The molecule has 1 rings (SSSR count). The predicted molar refractivity (Wildman–Crippen MR) is 57.2 cm³/mol. The van der Waals surface area contributed by atoms with E-state index in [0.717, 1.165) is 32.0 Å². The van der Waals surface area contributed by atoms with E-state index in [4.69, 9.17) is 0 Å². The smallest absolute Gasteiger partial charge is 0.207 e. The first-order chi connectivity index (χ1) is 7.15. The number of rotatable bonds is 5. The zero-order valence-electron chi connectivity index (χ0n) is 9.22. The van der Waals surface area contributed by atoms with Gasteiger partial charge in [0.25, 0.3) is 0 Å². The Morgan fingerprint density at radius 2 is 2.00 bits per heavy atom. The van der Waals surface area contributed by atoms with Gasteiger partial charge in [-0.15, -0.1) is 0 Å². The van der Waals surface area contributed by atoms with Crippen molar-refractivity contribution >= 4 is 6.29 Å². The van der Waals surface area contributed by atoms with Crippen LogP contribution in [0.2, 0.25) is 0 Å². The Balaban J connectivity index is 2.60. The number of aldehydes is 1. The summed E-state index contributed by atoms with van der Waals surface area (Å²) in [6.45, 7) is 1.75. The zero-order valence-corrected chi connectivity index (χ0v) is 9.22. The molecule has 2 atom stereocenters. The maximum Gasteiger partial charge on any atom is 0.207 e. The minimum Gasteiger partial charge on any atom is -0.303 e. The van der Waals surface area contributed by atoms with Gasteiger partial charge in [0.1, 0.15) is 6.29 Å². The van der Waals surface area contributed by atoms with Gasteiger partial charge in [-0.05, 0) is 18.8 Å². The van der Waals surface area contributed by atoms with Crippen molar-refractivity contribution in [1.82, 2.24) is 0 Å². The Bertz CT molecular complexity index is 224. The van der Waals surface area contributed by atoms with Gasteiger partial charge < -0.3 is 4.79 Å². The first kappa shape index (κ1) is 12.1. The lowest BCUT2D eigenvalue weighted by Gasteiger charge is -2.29. The van der Waals surface area contributed by atoms with E-state index in [1.165, 1.54) is 6.42 Å². The van der Waals surface area contributed by atoms with Crippen LogP contribution < -0.4 is 0 Å². The maximum absolute atomic E-state index is 10.7. The van der Waals surface area contributed by atoms with E-state index in [-0.39, 0.29) is 23.3 Å². The first-order valence-electron chi connectivity index (χ1n) is 5.72. The van der Waals surface area contributed by atoms with Crippen LogP contribution in [0.1, 0.15) is 39.0 Å². The molecule has 4 nitrogen and oxygen atoms in total. The minimum atomic E-state index is -0.278. The van der Waals surface area contributed by atoms with Crippen molar-refractivity contribution in [3.63, 3.8) is 0 Å². The van der Waals surface area contributed by atoms with Crippen LogP contribution in [0, 0.1) is 27.9 Å². The van der Waals surface area contributed by atoms with Crippen molar-refractivity contribution in [3.8, 4) is 0 Å². The zero-order chi connectivity index (χ0) is 11.3. The van der Waals surface area contributed by atoms with Crippen LogP contribution in [0.4, 0.5) is 0 Å². The van der Waals surface area contributed by atoms with E-state index in [0.29, 0.717) is 5.92 Å². The van der Waals surface area contributed by atoms with Gasteiger partial charge in [-0.3, -0.25) is 10.1 Å². The third-order valence-electron chi connectivity index (χ3n) is 3.51. The Morgan fingerprint density at radius 1 is 1.40 bits per heavy atom. The fraction of sp³-hybridized carbons (Fsp3) is 0.909. The normalized spacial score (nSPS) is 21.9. The van der Waals surface area contributed by atoms with Gasteiger partial charge in [0.2, 0.25) is 6.54 Å². The molecule has 15 heavy (non-hydrogen) atoms. The van der Waals surface area contributed by atoms with Gasteiger partial charge in [-0.1, -0.05) is 26.2 Å². The number of carbonyl (C=O) groups excluding carboxylic acids is 1. The van der Waals surface area contributed by atoms with Gasteiger partial charge in [0, 0.05) is 16.8 Å². The summed E-state index contributed by atoms with van der Waals surface area (Å²) >= 11 is 0. The average Bonchev–Trinajstić information content (AvgIpc) is 2.26. The topological polar surface area (TPSA) is 60.2 Å². The highest BCUT2D eigenvalue weighted by atomic mass is 16.6. The minimum absolute atomic E-state index is 0.0510. The van der Waals surface area contributed by atoms with Crippen molar-refractivity contribution in [1.29, 1.82) is 0 Å². The van der Waals surface area contributed by atoms with Crippen molar-refractivity contribution in [2.24, 2.45) is 17.8 Å². The Kier molecular flexibility index (Phi) is 4.72. The molecule has 0 radical (unpaired) electrons. The molecule has 1 saturated carbocycles. The largest absolute Gasteiger partial charge is 0.303 e. The van der Waals surface area contributed by atoms with E-state index in [2.05, 4.69) is 0 Å². The Labute approximate surface area is 90.2 Å². The molecule has 0 aromatic heterocycles. The van der Waals surface area contributed by atoms with Gasteiger partial charge >= 0.3 is 0 Å². The fourth-order valence-corrected chi connectivity index (χ4v) is 2.58. The van der Waals surface area contributed by atoms with E-state index in [9.17, 15) is 14.9 Å². The highest BCUT2D eigenvalue weighted by Crippen LogP contribution is 2.33. The van der Waals surface area contributed by atoms with E-state index in [1.54, 1.807) is 6.92 Å². The molecule has 0 heterocycles. The molecule has 0 aliphatic heterocycles.